The van der Waals surface area contributed by atoms with Crippen LogP contribution in [0.15, 0.2) is 0 Å². The first-order chi connectivity index (χ1) is 7.01. The Morgan fingerprint density at radius 3 is 2.67 bits per heavy atom. The van der Waals surface area contributed by atoms with Crippen LogP contribution in [0.25, 0.3) is 0 Å². The van der Waals surface area contributed by atoms with Gasteiger partial charge in [-0.2, -0.15) is 0 Å². The Hall–Kier alpha value is -1.01. The van der Waals surface area contributed by atoms with Gasteiger partial charge in [-0.15, -0.1) is 10.2 Å². The molecule has 0 radical (unpaired) electrons. The van der Waals surface area contributed by atoms with Crippen LogP contribution in [0.1, 0.15) is 37.6 Å². The monoisotopic (exact) mass is 226 g/mol. The van der Waals surface area contributed by atoms with E-state index in [0.717, 1.165) is 17.8 Å². The highest BCUT2D eigenvalue weighted by Crippen LogP contribution is 2.33. The minimum atomic E-state index is -0.649. The lowest BCUT2D eigenvalue weighted by molar-refractivity contribution is -0.118. The molecular formula is C9H14N4OS. The summed E-state index contributed by atoms with van der Waals surface area (Å²) in [6, 6.07) is 0. The third-order valence-electron chi connectivity index (χ3n) is 2.40. The summed E-state index contributed by atoms with van der Waals surface area (Å²) in [5, 5.41) is 12.0. The summed E-state index contributed by atoms with van der Waals surface area (Å²) in [4.78, 5) is 11.6. The summed E-state index contributed by atoms with van der Waals surface area (Å²) in [5.41, 5.74) is 5.10. The highest BCUT2D eigenvalue weighted by molar-refractivity contribution is 7.15. The second-order valence-electron chi connectivity index (χ2n) is 4.21. The van der Waals surface area contributed by atoms with Gasteiger partial charge in [-0.25, -0.2) is 0 Å². The molecule has 0 aliphatic heterocycles. The van der Waals surface area contributed by atoms with Gasteiger partial charge in [0.1, 0.15) is 5.01 Å². The van der Waals surface area contributed by atoms with Gasteiger partial charge in [0.25, 0.3) is 0 Å². The second kappa shape index (κ2) is 3.53. The van der Waals surface area contributed by atoms with E-state index in [9.17, 15) is 4.79 Å². The van der Waals surface area contributed by atoms with Crippen molar-refractivity contribution < 1.29 is 4.79 Å². The zero-order valence-electron chi connectivity index (χ0n) is 8.78. The standard InChI is InChI=1S/C9H14N4OS/c1-5(2)6-12-13-8(15-6)11-7(14)9(10)3-4-9/h5H,3-4,10H2,1-2H3,(H,11,13,14). The van der Waals surface area contributed by atoms with Crippen molar-refractivity contribution in [3.63, 3.8) is 0 Å². The van der Waals surface area contributed by atoms with Crippen LogP contribution in [0.5, 0.6) is 0 Å². The maximum Gasteiger partial charge on any atom is 0.246 e. The number of aromatic nitrogens is 2. The van der Waals surface area contributed by atoms with Crippen molar-refractivity contribution in [3.8, 4) is 0 Å². The fourth-order valence-corrected chi connectivity index (χ4v) is 1.84. The molecule has 1 fully saturated rings. The summed E-state index contributed by atoms with van der Waals surface area (Å²) in [6.07, 6.45) is 1.52. The van der Waals surface area contributed by atoms with Gasteiger partial charge in [0.2, 0.25) is 11.0 Å². The molecule has 5 nitrogen and oxygen atoms in total. The number of nitrogens with zero attached hydrogens (tertiary/aromatic N) is 2. The maximum absolute atomic E-state index is 11.6. The first-order valence-corrected chi connectivity index (χ1v) is 5.77. The highest BCUT2D eigenvalue weighted by Gasteiger charge is 2.46. The van der Waals surface area contributed by atoms with E-state index in [1.165, 1.54) is 11.3 Å². The molecule has 1 heterocycles. The van der Waals surface area contributed by atoms with Crippen LogP contribution in [0, 0.1) is 0 Å². The largest absolute Gasteiger partial charge is 0.317 e. The van der Waals surface area contributed by atoms with Gasteiger partial charge in [0.05, 0.1) is 5.54 Å². The molecule has 0 aromatic carbocycles. The van der Waals surface area contributed by atoms with Crippen LogP contribution in [-0.4, -0.2) is 21.6 Å². The fourth-order valence-electron chi connectivity index (χ4n) is 1.10. The van der Waals surface area contributed by atoms with Crippen molar-refractivity contribution in [2.24, 2.45) is 5.73 Å². The minimum absolute atomic E-state index is 0.144. The summed E-state index contributed by atoms with van der Waals surface area (Å²) in [6.45, 7) is 4.08. The number of rotatable bonds is 3. The molecule has 1 saturated carbocycles. The molecular weight excluding hydrogens is 212 g/mol. The number of carbonyl (C=O) groups excluding carboxylic acids is 1. The number of anilines is 1. The van der Waals surface area contributed by atoms with Gasteiger partial charge in [-0.1, -0.05) is 25.2 Å². The zero-order valence-corrected chi connectivity index (χ0v) is 9.60. The third kappa shape index (κ3) is 2.15. The topological polar surface area (TPSA) is 80.9 Å². The van der Waals surface area contributed by atoms with Crippen molar-refractivity contribution in [2.45, 2.75) is 38.1 Å². The molecule has 0 atom stereocenters. The number of carbonyl (C=O) groups is 1. The normalized spacial score (nSPS) is 17.9. The Labute approximate surface area is 92.1 Å². The summed E-state index contributed by atoms with van der Waals surface area (Å²) < 4.78 is 0. The second-order valence-corrected chi connectivity index (χ2v) is 5.22. The Morgan fingerprint density at radius 1 is 1.53 bits per heavy atom. The van der Waals surface area contributed by atoms with Crippen molar-refractivity contribution >= 4 is 22.4 Å². The van der Waals surface area contributed by atoms with Crippen LogP contribution >= 0.6 is 11.3 Å². The maximum atomic E-state index is 11.6. The van der Waals surface area contributed by atoms with Crippen LogP contribution in [0.3, 0.4) is 0 Å². The van der Waals surface area contributed by atoms with E-state index in [1.54, 1.807) is 0 Å². The van der Waals surface area contributed by atoms with Crippen LogP contribution in [0.4, 0.5) is 5.13 Å². The lowest BCUT2D eigenvalue weighted by Gasteiger charge is -2.06. The van der Waals surface area contributed by atoms with E-state index in [1.807, 2.05) is 13.8 Å². The molecule has 6 heteroatoms. The zero-order chi connectivity index (χ0) is 11.1. The Kier molecular flexibility index (Phi) is 2.47. The molecule has 0 bridgehead atoms. The van der Waals surface area contributed by atoms with Gasteiger partial charge in [-0.05, 0) is 12.8 Å². The van der Waals surface area contributed by atoms with E-state index in [4.69, 9.17) is 5.73 Å². The molecule has 3 N–H and O–H groups in total. The molecule has 1 amide bonds. The lowest BCUT2D eigenvalue weighted by Crippen LogP contribution is -2.37. The average molecular weight is 226 g/mol. The van der Waals surface area contributed by atoms with Gasteiger partial charge < -0.3 is 5.73 Å². The Morgan fingerprint density at radius 2 is 2.20 bits per heavy atom. The summed E-state index contributed by atoms with van der Waals surface area (Å²) in [7, 11) is 0. The Bertz CT molecular complexity index is 383. The first-order valence-electron chi connectivity index (χ1n) is 4.95. The summed E-state index contributed by atoms with van der Waals surface area (Å²) in [5.74, 6) is 0.190. The van der Waals surface area contributed by atoms with Crippen molar-refractivity contribution in [3.05, 3.63) is 5.01 Å². The number of nitrogens with one attached hydrogen (secondary N) is 1. The molecule has 15 heavy (non-hydrogen) atoms. The van der Waals surface area contributed by atoms with Gasteiger partial charge >= 0.3 is 0 Å². The molecule has 0 saturated heterocycles. The van der Waals surface area contributed by atoms with Crippen LogP contribution in [-0.2, 0) is 4.79 Å². The number of hydrogen-bond donors (Lipinski definition) is 2. The van der Waals surface area contributed by atoms with E-state index >= 15 is 0 Å². The van der Waals surface area contributed by atoms with Crippen molar-refractivity contribution in [1.29, 1.82) is 0 Å². The smallest absolute Gasteiger partial charge is 0.246 e. The molecule has 1 aromatic heterocycles. The molecule has 2 rings (SSSR count). The van der Waals surface area contributed by atoms with E-state index in [0.29, 0.717) is 11.0 Å². The quantitative estimate of drug-likeness (QED) is 0.808. The van der Waals surface area contributed by atoms with Gasteiger partial charge in [-0.3, -0.25) is 10.1 Å². The Balaban J connectivity index is 2.01. The van der Waals surface area contributed by atoms with Gasteiger partial charge in [0, 0.05) is 5.92 Å². The molecule has 0 spiro atoms. The van der Waals surface area contributed by atoms with E-state index in [-0.39, 0.29) is 5.91 Å². The fraction of sp³-hybridized carbons (Fsp3) is 0.667. The SMILES string of the molecule is CC(C)c1nnc(NC(=O)C2(N)CC2)s1. The van der Waals surface area contributed by atoms with Crippen LogP contribution < -0.4 is 11.1 Å². The molecule has 0 unspecified atom stereocenters. The van der Waals surface area contributed by atoms with Gasteiger partial charge in [0.15, 0.2) is 0 Å². The van der Waals surface area contributed by atoms with Crippen molar-refractivity contribution in [1.82, 2.24) is 10.2 Å². The first kappa shape index (κ1) is 10.5. The predicted octanol–water partition coefficient (Wildman–Crippen LogP) is 1.09. The number of nitrogens with two attached hydrogens (primary N) is 1. The number of amides is 1. The lowest BCUT2D eigenvalue weighted by atomic mass is 10.2. The summed E-state index contributed by atoms with van der Waals surface area (Å²) >= 11 is 1.40. The molecule has 1 aromatic rings. The number of hydrogen-bond acceptors (Lipinski definition) is 5. The van der Waals surface area contributed by atoms with Crippen LogP contribution in [0.2, 0.25) is 0 Å². The minimum Gasteiger partial charge on any atom is -0.317 e. The molecule has 1 aliphatic rings. The van der Waals surface area contributed by atoms with E-state index < -0.39 is 5.54 Å². The predicted molar refractivity (Wildman–Crippen MR) is 58.8 cm³/mol. The highest BCUT2D eigenvalue weighted by atomic mass is 32.1. The third-order valence-corrected chi connectivity index (χ3v) is 3.54. The van der Waals surface area contributed by atoms with Crippen molar-refractivity contribution in [2.75, 3.05) is 5.32 Å². The average Bonchev–Trinajstić information content (AvgIpc) is 2.76. The molecule has 1 aliphatic carbocycles. The van der Waals surface area contributed by atoms with E-state index in [2.05, 4.69) is 15.5 Å². The molecule has 82 valence electrons.